The third kappa shape index (κ3) is 1.58. The molecule has 1 N–H and O–H groups in total. The first kappa shape index (κ1) is 10.4. The molecule has 0 aliphatic heterocycles. The van der Waals surface area contributed by atoms with Gasteiger partial charge < -0.3 is 9.72 Å². The average Bonchev–Trinajstić information content (AvgIpc) is 2.60. The Morgan fingerprint density at radius 2 is 2.38 bits per heavy atom. The summed E-state index contributed by atoms with van der Waals surface area (Å²) in [5.41, 5.74) is 0.406. The third-order valence-corrected chi connectivity index (χ3v) is 2.24. The van der Waals surface area contributed by atoms with E-state index in [1.165, 1.54) is 16.9 Å². The second-order valence-electron chi connectivity index (χ2n) is 3.30. The van der Waals surface area contributed by atoms with E-state index in [1.807, 2.05) is 0 Å². The number of carbonyl (C=O) groups is 1. The summed E-state index contributed by atoms with van der Waals surface area (Å²) in [5.74, 6) is -0.508. The van der Waals surface area contributed by atoms with Crippen molar-refractivity contribution in [3.8, 4) is 0 Å². The largest absolute Gasteiger partial charge is 0.462 e. The van der Waals surface area contributed by atoms with E-state index < -0.39 is 5.97 Å². The quantitative estimate of drug-likeness (QED) is 0.746. The van der Waals surface area contributed by atoms with Gasteiger partial charge in [0.1, 0.15) is 5.65 Å². The summed E-state index contributed by atoms with van der Waals surface area (Å²) < 4.78 is 6.37. The zero-order valence-electron chi connectivity index (χ0n) is 8.98. The molecular weight excluding hydrogens is 210 g/mol. The second-order valence-corrected chi connectivity index (χ2v) is 3.30. The molecule has 2 rings (SSSR count). The minimum atomic E-state index is -0.508. The van der Waals surface area contributed by atoms with Crippen LogP contribution in [0.1, 0.15) is 17.3 Å². The number of rotatable bonds is 2. The lowest BCUT2D eigenvalue weighted by Crippen LogP contribution is -2.13. The van der Waals surface area contributed by atoms with Gasteiger partial charge in [-0.2, -0.15) is 5.10 Å². The first-order chi connectivity index (χ1) is 7.63. The Balaban J connectivity index is 2.68. The Bertz CT molecular complexity index is 597. The number of H-pyrrole nitrogens is 1. The van der Waals surface area contributed by atoms with Crippen LogP contribution in [0.5, 0.6) is 0 Å². The summed E-state index contributed by atoms with van der Waals surface area (Å²) in [6, 6.07) is 1.22. The molecule has 0 bridgehead atoms. The van der Waals surface area contributed by atoms with Crippen LogP contribution >= 0.6 is 0 Å². The number of hydrogen-bond donors (Lipinski definition) is 1. The van der Waals surface area contributed by atoms with Gasteiger partial charge in [0.2, 0.25) is 5.56 Å². The predicted molar refractivity (Wildman–Crippen MR) is 57.3 cm³/mol. The Labute approximate surface area is 90.8 Å². The Kier molecular flexibility index (Phi) is 2.47. The number of nitrogens with one attached hydrogen (secondary N) is 1. The van der Waals surface area contributed by atoms with Crippen LogP contribution in [0, 0.1) is 0 Å². The van der Waals surface area contributed by atoms with E-state index in [0.29, 0.717) is 11.0 Å². The maximum absolute atomic E-state index is 11.6. The highest BCUT2D eigenvalue weighted by Crippen LogP contribution is 2.14. The van der Waals surface area contributed by atoms with Gasteiger partial charge in [0, 0.05) is 13.1 Å². The van der Waals surface area contributed by atoms with Gasteiger partial charge in [-0.25, -0.2) is 4.79 Å². The van der Waals surface area contributed by atoms with E-state index in [0.717, 1.165) is 0 Å². The highest BCUT2D eigenvalue weighted by atomic mass is 16.5. The molecule has 2 aromatic rings. The zero-order chi connectivity index (χ0) is 11.7. The molecule has 0 atom stereocenters. The molecular formula is C10H11N3O3. The smallest absolute Gasteiger partial charge is 0.339 e. The fourth-order valence-electron chi connectivity index (χ4n) is 1.52. The number of aromatic nitrogens is 3. The lowest BCUT2D eigenvalue weighted by Gasteiger charge is -2.02. The van der Waals surface area contributed by atoms with Crippen LogP contribution in [-0.4, -0.2) is 27.3 Å². The summed E-state index contributed by atoms with van der Waals surface area (Å²) in [7, 11) is 1.69. The summed E-state index contributed by atoms with van der Waals surface area (Å²) in [5, 5.41) is 4.56. The van der Waals surface area contributed by atoms with Gasteiger partial charge >= 0.3 is 5.97 Å². The van der Waals surface area contributed by atoms with E-state index in [4.69, 9.17) is 4.74 Å². The van der Waals surface area contributed by atoms with E-state index >= 15 is 0 Å². The number of fused-ring (bicyclic) bond motifs is 1. The van der Waals surface area contributed by atoms with E-state index in [-0.39, 0.29) is 17.7 Å². The first-order valence-corrected chi connectivity index (χ1v) is 4.85. The first-order valence-electron chi connectivity index (χ1n) is 4.85. The van der Waals surface area contributed by atoms with Gasteiger partial charge in [-0.15, -0.1) is 0 Å². The van der Waals surface area contributed by atoms with Gasteiger partial charge in [0.15, 0.2) is 0 Å². The molecule has 0 saturated heterocycles. The van der Waals surface area contributed by atoms with Gasteiger partial charge in [-0.1, -0.05) is 0 Å². The normalized spacial score (nSPS) is 10.6. The van der Waals surface area contributed by atoms with Crippen molar-refractivity contribution >= 4 is 17.0 Å². The highest BCUT2D eigenvalue weighted by molar-refractivity contribution is 6.02. The molecule has 0 unspecified atom stereocenters. The molecule has 2 heterocycles. The predicted octanol–water partition coefficient (Wildman–Crippen LogP) is 0.438. The average molecular weight is 221 g/mol. The molecule has 6 nitrogen and oxygen atoms in total. The van der Waals surface area contributed by atoms with E-state index in [9.17, 15) is 9.59 Å². The molecule has 6 heteroatoms. The number of aromatic amines is 1. The van der Waals surface area contributed by atoms with E-state index in [1.54, 1.807) is 14.0 Å². The zero-order valence-corrected chi connectivity index (χ0v) is 8.98. The number of esters is 1. The fraction of sp³-hybridized carbons (Fsp3) is 0.300. The summed E-state index contributed by atoms with van der Waals surface area (Å²) in [6.45, 7) is 1.99. The fourth-order valence-corrected chi connectivity index (χ4v) is 1.52. The molecule has 0 aliphatic rings. The topological polar surface area (TPSA) is 77.0 Å². The monoisotopic (exact) mass is 221 g/mol. The molecule has 0 amide bonds. The van der Waals surface area contributed by atoms with Crippen molar-refractivity contribution in [2.75, 3.05) is 6.61 Å². The molecule has 2 aromatic heterocycles. The van der Waals surface area contributed by atoms with Crippen molar-refractivity contribution in [1.29, 1.82) is 0 Å². The van der Waals surface area contributed by atoms with Crippen LogP contribution in [0.25, 0.3) is 11.0 Å². The van der Waals surface area contributed by atoms with Gasteiger partial charge in [-0.05, 0) is 6.92 Å². The summed E-state index contributed by atoms with van der Waals surface area (Å²) >= 11 is 0. The molecule has 0 aliphatic carbocycles. The van der Waals surface area contributed by atoms with Crippen LogP contribution < -0.4 is 5.56 Å². The van der Waals surface area contributed by atoms with Gasteiger partial charge in [-0.3, -0.25) is 9.48 Å². The summed E-state index contributed by atoms with van der Waals surface area (Å²) in [4.78, 5) is 25.6. The Morgan fingerprint density at radius 3 is 3.06 bits per heavy atom. The molecule has 0 spiro atoms. The maximum atomic E-state index is 11.6. The van der Waals surface area contributed by atoms with Crippen molar-refractivity contribution in [1.82, 2.24) is 14.8 Å². The van der Waals surface area contributed by atoms with Crippen molar-refractivity contribution in [3.05, 3.63) is 28.2 Å². The van der Waals surface area contributed by atoms with Crippen molar-refractivity contribution in [3.63, 3.8) is 0 Å². The number of pyridine rings is 1. The lowest BCUT2D eigenvalue weighted by molar-refractivity contribution is 0.0528. The number of carbonyl (C=O) groups excluding carboxylic acids is 1. The Morgan fingerprint density at radius 1 is 1.62 bits per heavy atom. The van der Waals surface area contributed by atoms with Gasteiger partial charge in [0.25, 0.3) is 0 Å². The van der Waals surface area contributed by atoms with Crippen LogP contribution in [0.15, 0.2) is 17.1 Å². The molecule has 0 aromatic carbocycles. The molecule has 0 radical (unpaired) electrons. The lowest BCUT2D eigenvalue weighted by atomic mass is 10.2. The van der Waals surface area contributed by atoms with E-state index in [2.05, 4.69) is 10.1 Å². The second kappa shape index (κ2) is 3.80. The molecule has 0 fully saturated rings. The van der Waals surface area contributed by atoms with Crippen LogP contribution in [0.4, 0.5) is 0 Å². The molecule has 0 saturated carbocycles. The van der Waals surface area contributed by atoms with Crippen LogP contribution in [0.3, 0.4) is 0 Å². The van der Waals surface area contributed by atoms with Crippen LogP contribution in [-0.2, 0) is 11.8 Å². The number of ether oxygens (including phenoxy) is 1. The van der Waals surface area contributed by atoms with Crippen molar-refractivity contribution in [2.45, 2.75) is 6.92 Å². The van der Waals surface area contributed by atoms with Gasteiger partial charge in [0.05, 0.1) is 23.8 Å². The maximum Gasteiger partial charge on any atom is 0.339 e. The SMILES string of the molecule is CCOC(=O)c1cc(=O)[nH]c2c1cnn2C. The number of nitrogens with zero attached hydrogens (tertiary/aromatic N) is 2. The molecule has 16 heavy (non-hydrogen) atoms. The molecule has 84 valence electrons. The van der Waals surface area contributed by atoms with Crippen LogP contribution in [0.2, 0.25) is 0 Å². The van der Waals surface area contributed by atoms with Crippen molar-refractivity contribution in [2.24, 2.45) is 7.05 Å². The van der Waals surface area contributed by atoms with Crippen molar-refractivity contribution < 1.29 is 9.53 Å². The number of aryl methyl sites for hydroxylation is 1. The highest BCUT2D eigenvalue weighted by Gasteiger charge is 2.14. The third-order valence-electron chi connectivity index (χ3n) is 2.24. The number of hydrogen-bond acceptors (Lipinski definition) is 4. The minimum absolute atomic E-state index is 0.244. The standard InChI is InChI=1S/C10H11N3O3/c1-3-16-10(15)6-4-8(14)12-9-7(6)5-11-13(9)2/h4-5H,3H2,1-2H3,(H,12,14). The summed E-state index contributed by atoms with van der Waals surface area (Å²) in [6.07, 6.45) is 1.53. The minimum Gasteiger partial charge on any atom is -0.462 e. The Hall–Kier alpha value is -2.11.